The number of nitrogens with zero attached hydrogens (tertiary/aromatic N) is 1. The molecule has 0 bridgehead atoms. The van der Waals surface area contributed by atoms with Crippen LogP contribution in [-0.4, -0.2) is 25.2 Å². The van der Waals surface area contributed by atoms with E-state index in [-0.39, 0.29) is 23.4 Å². The van der Waals surface area contributed by atoms with E-state index >= 15 is 0 Å². The highest BCUT2D eigenvalue weighted by Gasteiger charge is 2.18. The van der Waals surface area contributed by atoms with Gasteiger partial charge in [0.15, 0.2) is 0 Å². The third-order valence-corrected chi connectivity index (χ3v) is 5.33. The number of carbonyl (C=O) groups is 1. The molecule has 4 rings (SSSR count). The van der Waals surface area contributed by atoms with Crippen LogP contribution in [0.2, 0.25) is 0 Å². The van der Waals surface area contributed by atoms with Gasteiger partial charge in [-0.15, -0.1) is 0 Å². The Balaban J connectivity index is 1.76. The minimum Gasteiger partial charge on any atom is -0.438 e. The lowest BCUT2D eigenvalue weighted by atomic mass is 10.1. The number of amides is 1. The Kier molecular flexibility index (Phi) is 5.78. The highest BCUT2D eigenvalue weighted by molar-refractivity contribution is 9.10. The maximum atomic E-state index is 13.6. The Morgan fingerprint density at radius 3 is 2.90 bits per heavy atom. The van der Waals surface area contributed by atoms with Crippen molar-refractivity contribution in [2.75, 3.05) is 13.2 Å². The molecule has 1 atom stereocenters. The van der Waals surface area contributed by atoms with Crippen LogP contribution >= 0.6 is 15.9 Å². The highest BCUT2D eigenvalue weighted by Crippen LogP contribution is 2.21. The number of aryl methyl sites for hydroxylation is 1. The molecule has 2 heterocycles. The maximum Gasteiger partial charge on any atom is 0.256 e. The molecule has 2 aromatic carbocycles. The minimum atomic E-state index is -0.307. The zero-order valence-electron chi connectivity index (χ0n) is 15.9. The summed E-state index contributed by atoms with van der Waals surface area (Å²) < 4.78 is 26.0. The summed E-state index contributed by atoms with van der Waals surface area (Å²) in [6.07, 6.45) is 1.97. The Labute approximate surface area is 175 Å². The average molecular weight is 459 g/mol. The van der Waals surface area contributed by atoms with Gasteiger partial charge in [0.25, 0.3) is 5.91 Å². The van der Waals surface area contributed by atoms with Gasteiger partial charge in [0.05, 0.1) is 11.8 Å². The summed E-state index contributed by atoms with van der Waals surface area (Å²) in [7, 11) is 0. The Morgan fingerprint density at radius 2 is 2.14 bits per heavy atom. The van der Waals surface area contributed by atoms with Crippen molar-refractivity contribution in [1.29, 1.82) is 0 Å². The summed E-state index contributed by atoms with van der Waals surface area (Å²) in [4.78, 5) is 17.4. The molecule has 1 aliphatic rings. The molecule has 5 nitrogen and oxygen atoms in total. The van der Waals surface area contributed by atoms with Crippen molar-refractivity contribution >= 4 is 38.5 Å². The number of halogens is 2. The summed E-state index contributed by atoms with van der Waals surface area (Å²) in [5.41, 5.74) is 2.07. The lowest BCUT2D eigenvalue weighted by Crippen LogP contribution is -2.34. The van der Waals surface area contributed by atoms with Gasteiger partial charge in [-0.3, -0.25) is 4.79 Å². The van der Waals surface area contributed by atoms with Crippen molar-refractivity contribution in [1.82, 2.24) is 5.32 Å². The van der Waals surface area contributed by atoms with Crippen LogP contribution < -0.4 is 10.9 Å². The molecule has 1 saturated heterocycles. The van der Waals surface area contributed by atoms with Crippen LogP contribution in [0.3, 0.4) is 0 Å². The normalized spacial score (nSPS) is 17.1. The molecular weight excluding hydrogens is 439 g/mol. The van der Waals surface area contributed by atoms with Gasteiger partial charge < -0.3 is 14.5 Å². The van der Waals surface area contributed by atoms with Crippen molar-refractivity contribution < 1.29 is 18.3 Å². The summed E-state index contributed by atoms with van der Waals surface area (Å²) in [5, 5.41) is 3.69. The van der Waals surface area contributed by atoms with E-state index in [2.05, 4.69) is 26.2 Å². The van der Waals surface area contributed by atoms with Gasteiger partial charge in [-0.2, -0.15) is 0 Å². The largest absolute Gasteiger partial charge is 0.438 e. The molecule has 29 heavy (non-hydrogen) atoms. The van der Waals surface area contributed by atoms with Crippen molar-refractivity contribution in [3.63, 3.8) is 0 Å². The minimum absolute atomic E-state index is 0.0330. The first-order valence-electron chi connectivity index (χ1n) is 9.44. The molecule has 1 N–H and O–H groups in total. The van der Waals surface area contributed by atoms with E-state index in [9.17, 15) is 9.18 Å². The van der Waals surface area contributed by atoms with Crippen LogP contribution in [-0.2, 0) is 4.74 Å². The van der Waals surface area contributed by atoms with Gasteiger partial charge >= 0.3 is 0 Å². The van der Waals surface area contributed by atoms with Gasteiger partial charge in [-0.1, -0.05) is 15.9 Å². The van der Waals surface area contributed by atoms with Crippen LogP contribution in [0.1, 0.15) is 28.8 Å². The van der Waals surface area contributed by atoms with Crippen molar-refractivity contribution in [2.45, 2.75) is 25.9 Å². The first kappa shape index (κ1) is 19.8. The summed E-state index contributed by atoms with van der Waals surface area (Å²) in [6.45, 7) is 2.83. The number of ether oxygens (including phenoxy) is 1. The van der Waals surface area contributed by atoms with E-state index in [1.54, 1.807) is 25.1 Å². The lowest BCUT2D eigenvalue weighted by Gasteiger charge is -2.11. The van der Waals surface area contributed by atoms with E-state index < -0.39 is 0 Å². The molecular formula is C22H20BrFN2O3. The van der Waals surface area contributed by atoms with E-state index in [1.165, 1.54) is 6.07 Å². The van der Waals surface area contributed by atoms with Crippen molar-refractivity contribution in [3.8, 4) is 0 Å². The fourth-order valence-corrected chi connectivity index (χ4v) is 3.65. The molecule has 0 saturated carbocycles. The fourth-order valence-electron chi connectivity index (χ4n) is 3.27. The van der Waals surface area contributed by atoms with Gasteiger partial charge in [-0.25, -0.2) is 9.38 Å². The monoisotopic (exact) mass is 458 g/mol. The number of hydrogen-bond donors (Lipinski definition) is 1. The van der Waals surface area contributed by atoms with Crippen LogP contribution in [0.5, 0.6) is 0 Å². The Morgan fingerprint density at radius 1 is 1.28 bits per heavy atom. The van der Waals surface area contributed by atoms with Crippen LogP contribution in [0, 0.1) is 12.7 Å². The van der Waals surface area contributed by atoms with Crippen molar-refractivity contribution in [2.24, 2.45) is 4.99 Å². The van der Waals surface area contributed by atoms with E-state index in [0.29, 0.717) is 28.9 Å². The second-order valence-electron chi connectivity index (χ2n) is 7.04. The van der Waals surface area contributed by atoms with E-state index in [1.807, 2.05) is 18.2 Å². The summed E-state index contributed by atoms with van der Waals surface area (Å²) in [5.74, 6) is -0.595. The molecule has 1 aliphatic heterocycles. The van der Waals surface area contributed by atoms with Gasteiger partial charge in [0.1, 0.15) is 17.0 Å². The molecule has 150 valence electrons. The number of benzene rings is 2. The number of rotatable bonds is 4. The fraction of sp³-hybridized carbons (Fsp3) is 0.273. The highest BCUT2D eigenvalue weighted by atomic mass is 79.9. The van der Waals surface area contributed by atoms with Gasteiger partial charge in [0, 0.05) is 23.0 Å². The van der Waals surface area contributed by atoms with Crippen LogP contribution in [0.4, 0.5) is 10.1 Å². The van der Waals surface area contributed by atoms with Crippen LogP contribution in [0.25, 0.3) is 11.0 Å². The second kappa shape index (κ2) is 8.47. The Bertz CT molecular complexity index is 1140. The number of fused-ring (bicyclic) bond motifs is 1. The summed E-state index contributed by atoms with van der Waals surface area (Å²) in [6, 6.07) is 11.8. The van der Waals surface area contributed by atoms with Crippen LogP contribution in [0.15, 0.2) is 56.3 Å². The zero-order valence-corrected chi connectivity index (χ0v) is 17.5. The van der Waals surface area contributed by atoms with Gasteiger partial charge in [-0.05, 0) is 67.8 Å². The Hall–Kier alpha value is -2.51. The number of nitrogens with one attached hydrogen (secondary N) is 1. The van der Waals surface area contributed by atoms with Crippen molar-refractivity contribution in [3.05, 3.63) is 69.4 Å². The topological polar surface area (TPSA) is 63.8 Å². The average Bonchev–Trinajstić information content (AvgIpc) is 3.22. The predicted octanol–water partition coefficient (Wildman–Crippen LogP) is 4.78. The van der Waals surface area contributed by atoms with E-state index in [4.69, 9.17) is 9.15 Å². The molecule has 0 radical (unpaired) electrons. The molecule has 0 unspecified atom stereocenters. The zero-order chi connectivity index (χ0) is 20.4. The molecule has 7 heteroatoms. The lowest BCUT2D eigenvalue weighted by molar-refractivity contribution is 0.0854. The third-order valence-electron chi connectivity index (χ3n) is 4.84. The SMILES string of the molecule is Cc1cc(N=c2oc3ccc(Br)cc3cc2C(=O)NC[C@H]2CCCO2)ccc1F. The second-order valence-corrected chi connectivity index (χ2v) is 7.95. The summed E-state index contributed by atoms with van der Waals surface area (Å²) >= 11 is 3.44. The smallest absolute Gasteiger partial charge is 0.256 e. The predicted molar refractivity (Wildman–Crippen MR) is 112 cm³/mol. The first-order chi connectivity index (χ1) is 14.0. The molecule has 1 amide bonds. The molecule has 1 aromatic heterocycles. The molecule has 0 aliphatic carbocycles. The van der Waals surface area contributed by atoms with E-state index in [0.717, 1.165) is 29.3 Å². The van der Waals surface area contributed by atoms with Gasteiger partial charge in [0.2, 0.25) is 5.55 Å². The third kappa shape index (κ3) is 4.57. The quantitative estimate of drug-likeness (QED) is 0.611. The standard InChI is InChI=1S/C22H20BrFN2O3/c1-13-9-16(5-6-19(13)24)26-22-18(21(27)25-12-17-3-2-8-28-17)11-14-10-15(23)4-7-20(14)29-22/h4-7,9-11,17H,2-3,8,12H2,1H3,(H,25,27)/t17-/m1/s1. The molecule has 3 aromatic rings. The first-order valence-corrected chi connectivity index (χ1v) is 10.2. The molecule has 0 spiro atoms. The maximum absolute atomic E-state index is 13.6. The number of hydrogen-bond acceptors (Lipinski definition) is 4. The number of carbonyl (C=O) groups excluding carboxylic acids is 1. The molecule has 1 fully saturated rings.